The van der Waals surface area contributed by atoms with E-state index in [9.17, 15) is 0 Å². The standard InChI is InChI=1S/C21H27NO2.C2H2O4/c1-23-20-9-8-19(15-21(20)24-2)16-22-12-10-18(11-13-22)14-17-6-4-3-5-7-17;3-1(4)2(5)6/h3-9,15,18H,10-14,16H2,1-2H3;(H,3,4)(H,5,6). The Balaban J connectivity index is 0.000000469. The second kappa shape index (κ2) is 11.8. The molecule has 1 aliphatic heterocycles. The maximum atomic E-state index is 9.10. The zero-order valence-electron chi connectivity index (χ0n) is 17.4. The van der Waals surface area contributed by atoms with E-state index in [1.54, 1.807) is 14.2 Å². The molecule has 0 aliphatic carbocycles. The Hall–Kier alpha value is -3.06. The molecule has 0 radical (unpaired) electrons. The quantitative estimate of drug-likeness (QED) is 0.699. The number of hydrogen-bond donors (Lipinski definition) is 2. The zero-order valence-corrected chi connectivity index (χ0v) is 17.4. The molecule has 3 rings (SSSR count). The lowest BCUT2D eigenvalue weighted by Crippen LogP contribution is -2.33. The maximum absolute atomic E-state index is 9.10. The maximum Gasteiger partial charge on any atom is 0.414 e. The van der Waals surface area contributed by atoms with E-state index in [0.29, 0.717) is 0 Å². The lowest BCUT2D eigenvalue weighted by Gasteiger charge is -2.32. The molecule has 162 valence electrons. The molecule has 1 fully saturated rings. The minimum atomic E-state index is -1.82. The third-order valence-corrected chi connectivity index (χ3v) is 5.11. The molecule has 0 spiro atoms. The molecule has 7 heteroatoms. The zero-order chi connectivity index (χ0) is 21.9. The minimum Gasteiger partial charge on any atom is -0.493 e. The van der Waals surface area contributed by atoms with Crippen LogP contribution in [0, 0.1) is 5.92 Å². The van der Waals surface area contributed by atoms with Crippen LogP contribution in [0.1, 0.15) is 24.0 Å². The summed E-state index contributed by atoms with van der Waals surface area (Å²) in [4.78, 5) is 20.7. The number of aliphatic carboxylic acids is 2. The van der Waals surface area contributed by atoms with Crippen molar-refractivity contribution in [1.82, 2.24) is 4.90 Å². The highest BCUT2D eigenvalue weighted by atomic mass is 16.5. The van der Waals surface area contributed by atoms with Crippen molar-refractivity contribution in [1.29, 1.82) is 0 Å². The number of nitrogens with zero attached hydrogens (tertiary/aromatic N) is 1. The first-order chi connectivity index (χ1) is 14.4. The molecule has 1 heterocycles. The number of piperidine rings is 1. The Labute approximate surface area is 176 Å². The molecule has 0 bridgehead atoms. The second-order valence-electron chi connectivity index (χ2n) is 7.21. The van der Waals surface area contributed by atoms with Crippen molar-refractivity contribution < 1.29 is 29.3 Å². The highest BCUT2D eigenvalue weighted by Gasteiger charge is 2.20. The molecule has 0 aromatic heterocycles. The van der Waals surface area contributed by atoms with E-state index >= 15 is 0 Å². The fourth-order valence-electron chi connectivity index (χ4n) is 3.53. The van der Waals surface area contributed by atoms with Crippen molar-refractivity contribution in [3.8, 4) is 11.5 Å². The second-order valence-corrected chi connectivity index (χ2v) is 7.21. The number of carboxylic acid groups (broad SMARTS) is 2. The summed E-state index contributed by atoms with van der Waals surface area (Å²) in [6.07, 6.45) is 3.77. The fourth-order valence-corrected chi connectivity index (χ4v) is 3.53. The van der Waals surface area contributed by atoms with E-state index < -0.39 is 11.9 Å². The van der Waals surface area contributed by atoms with Gasteiger partial charge in [-0.3, -0.25) is 4.90 Å². The smallest absolute Gasteiger partial charge is 0.414 e. The number of hydrogen-bond acceptors (Lipinski definition) is 5. The molecule has 2 aromatic rings. The summed E-state index contributed by atoms with van der Waals surface area (Å²) in [5.74, 6) is -1.23. The molecule has 7 nitrogen and oxygen atoms in total. The number of benzene rings is 2. The molecule has 2 N–H and O–H groups in total. The van der Waals surface area contributed by atoms with Crippen LogP contribution in [0.3, 0.4) is 0 Å². The van der Waals surface area contributed by atoms with Crippen LogP contribution in [0.4, 0.5) is 0 Å². The first-order valence-corrected chi connectivity index (χ1v) is 9.86. The predicted molar refractivity (Wildman–Crippen MR) is 113 cm³/mol. The van der Waals surface area contributed by atoms with E-state index in [1.165, 1.54) is 43.5 Å². The van der Waals surface area contributed by atoms with Crippen LogP contribution in [-0.2, 0) is 22.6 Å². The largest absolute Gasteiger partial charge is 0.493 e. The van der Waals surface area contributed by atoms with Crippen molar-refractivity contribution in [2.45, 2.75) is 25.8 Å². The summed E-state index contributed by atoms with van der Waals surface area (Å²) in [7, 11) is 3.37. The molecule has 0 amide bonds. The molecular weight excluding hydrogens is 386 g/mol. The molecule has 1 aliphatic rings. The van der Waals surface area contributed by atoms with Crippen LogP contribution in [0.25, 0.3) is 0 Å². The third-order valence-electron chi connectivity index (χ3n) is 5.11. The van der Waals surface area contributed by atoms with Crippen LogP contribution < -0.4 is 9.47 Å². The van der Waals surface area contributed by atoms with Crippen LogP contribution in [-0.4, -0.2) is 54.4 Å². The molecule has 0 atom stereocenters. The Bertz CT molecular complexity index is 804. The van der Waals surface area contributed by atoms with Crippen LogP contribution >= 0.6 is 0 Å². The SMILES string of the molecule is COc1ccc(CN2CCC(Cc3ccccc3)CC2)cc1OC.O=C(O)C(=O)O. The monoisotopic (exact) mass is 415 g/mol. The highest BCUT2D eigenvalue weighted by Crippen LogP contribution is 2.29. The van der Waals surface area contributed by atoms with Crippen molar-refractivity contribution in [2.75, 3.05) is 27.3 Å². The van der Waals surface area contributed by atoms with Gasteiger partial charge in [0.25, 0.3) is 0 Å². The molecule has 0 unspecified atom stereocenters. The lowest BCUT2D eigenvalue weighted by molar-refractivity contribution is -0.159. The van der Waals surface area contributed by atoms with E-state index in [4.69, 9.17) is 29.3 Å². The van der Waals surface area contributed by atoms with E-state index in [0.717, 1.165) is 24.0 Å². The first-order valence-electron chi connectivity index (χ1n) is 9.86. The Kier molecular flexibility index (Phi) is 9.15. The van der Waals surface area contributed by atoms with Gasteiger partial charge in [0.2, 0.25) is 0 Å². The van der Waals surface area contributed by atoms with Gasteiger partial charge in [-0.1, -0.05) is 36.4 Å². The van der Waals surface area contributed by atoms with Gasteiger partial charge in [0.1, 0.15) is 0 Å². The molecular formula is C23H29NO6. The molecule has 2 aromatic carbocycles. The van der Waals surface area contributed by atoms with E-state index in [1.807, 2.05) is 6.07 Å². The molecule has 30 heavy (non-hydrogen) atoms. The van der Waals surface area contributed by atoms with Gasteiger partial charge >= 0.3 is 11.9 Å². The number of likely N-dealkylation sites (tertiary alicyclic amines) is 1. The topological polar surface area (TPSA) is 96.3 Å². The van der Waals surface area contributed by atoms with Gasteiger partial charge in [-0.15, -0.1) is 0 Å². The average molecular weight is 415 g/mol. The van der Waals surface area contributed by atoms with Gasteiger partial charge in [0, 0.05) is 6.54 Å². The van der Waals surface area contributed by atoms with Gasteiger partial charge in [-0.05, 0) is 61.5 Å². The van der Waals surface area contributed by atoms with Crippen molar-refractivity contribution in [3.05, 3.63) is 59.7 Å². The summed E-state index contributed by atoms with van der Waals surface area (Å²) >= 11 is 0. The van der Waals surface area contributed by atoms with Crippen molar-refractivity contribution >= 4 is 11.9 Å². The number of rotatable bonds is 6. The number of carboxylic acids is 2. The van der Waals surface area contributed by atoms with Crippen molar-refractivity contribution in [2.24, 2.45) is 5.92 Å². The van der Waals surface area contributed by atoms with Gasteiger partial charge in [0.05, 0.1) is 14.2 Å². The van der Waals surface area contributed by atoms with Gasteiger partial charge < -0.3 is 19.7 Å². The number of carbonyl (C=O) groups is 2. The van der Waals surface area contributed by atoms with Crippen molar-refractivity contribution in [3.63, 3.8) is 0 Å². The summed E-state index contributed by atoms with van der Waals surface area (Å²) in [5.41, 5.74) is 2.75. The van der Waals surface area contributed by atoms with E-state index in [2.05, 4.69) is 47.4 Å². The van der Waals surface area contributed by atoms with Gasteiger partial charge in [-0.2, -0.15) is 0 Å². The van der Waals surface area contributed by atoms with Crippen LogP contribution in [0.15, 0.2) is 48.5 Å². The Morgan fingerprint density at radius 2 is 1.50 bits per heavy atom. The Morgan fingerprint density at radius 3 is 2.03 bits per heavy atom. The third kappa shape index (κ3) is 7.40. The summed E-state index contributed by atoms with van der Waals surface area (Å²) < 4.78 is 10.7. The average Bonchev–Trinajstić information content (AvgIpc) is 2.76. The van der Waals surface area contributed by atoms with Crippen LogP contribution in [0.2, 0.25) is 0 Å². The summed E-state index contributed by atoms with van der Waals surface area (Å²) in [5, 5.41) is 14.8. The van der Waals surface area contributed by atoms with E-state index in [-0.39, 0.29) is 0 Å². The first kappa shape index (κ1) is 23.2. The summed E-state index contributed by atoms with van der Waals surface area (Å²) in [6, 6.07) is 17.1. The lowest BCUT2D eigenvalue weighted by atomic mass is 9.90. The normalized spacial score (nSPS) is 14.3. The Morgan fingerprint density at radius 1 is 0.900 bits per heavy atom. The predicted octanol–water partition coefficient (Wildman–Crippen LogP) is 3.31. The fraction of sp³-hybridized carbons (Fsp3) is 0.391. The summed E-state index contributed by atoms with van der Waals surface area (Å²) in [6.45, 7) is 3.33. The van der Waals surface area contributed by atoms with Gasteiger partial charge in [-0.25, -0.2) is 9.59 Å². The molecule has 1 saturated heterocycles. The highest BCUT2D eigenvalue weighted by molar-refractivity contribution is 6.27. The number of ether oxygens (including phenoxy) is 2. The van der Waals surface area contributed by atoms with Gasteiger partial charge in [0.15, 0.2) is 11.5 Å². The molecule has 0 saturated carbocycles. The minimum absolute atomic E-state index is 0.794. The van der Waals surface area contributed by atoms with Crippen LogP contribution in [0.5, 0.6) is 11.5 Å². The number of methoxy groups -OCH3 is 2.